The molecule has 3 aromatic carbocycles. The molecule has 6 heteroatoms. The van der Waals surface area contributed by atoms with Crippen LogP contribution in [0, 0.1) is 25.5 Å². The van der Waals surface area contributed by atoms with Gasteiger partial charge in [0.05, 0.1) is 11.3 Å². The molecule has 1 aliphatic rings. The van der Waals surface area contributed by atoms with Crippen LogP contribution in [-0.4, -0.2) is 11.8 Å². The molecule has 0 unspecified atom stereocenters. The topological polar surface area (TPSA) is 49.4 Å². The lowest BCUT2D eigenvalue weighted by atomic mass is 10.0. The summed E-state index contributed by atoms with van der Waals surface area (Å²) in [5, 5.41) is 3.05. The molecule has 0 aliphatic carbocycles. The maximum Gasteiger partial charge on any atom is 0.282 e. The number of anilines is 2. The van der Waals surface area contributed by atoms with Gasteiger partial charge in [0.1, 0.15) is 17.3 Å². The Morgan fingerprint density at radius 1 is 0.833 bits per heavy atom. The number of rotatable bonds is 4. The van der Waals surface area contributed by atoms with Gasteiger partial charge in [-0.3, -0.25) is 9.59 Å². The van der Waals surface area contributed by atoms with Crippen molar-refractivity contribution in [1.82, 2.24) is 0 Å². The van der Waals surface area contributed by atoms with Crippen molar-refractivity contribution in [2.45, 2.75) is 13.8 Å². The van der Waals surface area contributed by atoms with Crippen molar-refractivity contribution in [2.75, 3.05) is 10.2 Å². The Morgan fingerprint density at radius 2 is 1.57 bits per heavy atom. The van der Waals surface area contributed by atoms with Crippen LogP contribution < -0.4 is 10.2 Å². The maximum atomic E-state index is 14.4. The van der Waals surface area contributed by atoms with Crippen molar-refractivity contribution < 1.29 is 18.4 Å². The molecule has 3 aromatic rings. The fourth-order valence-corrected chi connectivity index (χ4v) is 3.48. The molecule has 0 spiro atoms. The molecule has 1 N–H and O–H groups in total. The molecule has 1 aliphatic heterocycles. The minimum atomic E-state index is -0.863. The molecule has 0 fully saturated rings. The van der Waals surface area contributed by atoms with Crippen LogP contribution in [0.3, 0.4) is 0 Å². The summed E-state index contributed by atoms with van der Waals surface area (Å²) in [6, 6.07) is 16.9. The molecule has 2 amide bonds. The quantitative estimate of drug-likeness (QED) is 0.624. The van der Waals surface area contributed by atoms with Crippen molar-refractivity contribution >= 4 is 28.8 Å². The molecule has 4 rings (SSSR count). The second-order valence-electron chi connectivity index (χ2n) is 7.10. The van der Waals surface area contributed by atoms with E-state index >= 15 is 0 Å². The minimum absolute atomic E-state index is 0.0156. The van der Waals surface area contributed by atoms with E-state index in [4.69, 9.17) is 0 Å². The van der Waals surface area contributed by atoms with Gasteiger partial charge in [-0.25, -0.2) is 13.7 Å². The summed E-state index contributed by atoms with van der Waals surface area (Å²) in [6.45, 7) is 3.83. The Labute approximate surface area is 172 Å². The van der Waals surface area contributed by atoms with Gasteiger partial charge in [0.2, 0.25) is 0 Å². The van der Waals surface area contributed by atoms with Crippen molar-refractivity contribution in [2.24, 2.45) is 0 Å². The van der Waals surface area contributed by atoms with E-state index in [1.807, 2.05) is 32.0 Å². The van der Waals surface area contributed by atoms with E-state index in [0.717, 1.165) is 29.3 Å². The van der Waals surface area contributed by atoms with Crippen LogP contribution in [0.1, 0.15) is 16.7 Å². The Kier molecular flexibility index (Phi) is 4.91. The number of carbonyl (C=O) groups excluding carboxylic acids is 2. The molecule has 0 aromatic heterocycles. The van der Waals surface area contributed by atoms with Crippen LogP contribution in [0.2, 0.25) is 0 Å². The predicted molar refractivity (Wildman–Crippen MR) is 112 cm³/mol. The van der Waals surface area contributed by atoms with E-state index in [9.17, 15) is 18.4 Å². The third-order valence-corrected chi connectivity index (χ3v) is 4.94. The summed E-state index contributed by atoms with van der Waals surface area (Å²) in [5.74, 6) is -3.08. The lowest BCUT2D eigenvalue weighted by Crippen LogP contribution is -2.33. The highest BCUT2D eigenvalue weighted by Gasteiger charge is 2.41. The Bertz CT molecular complexity index is 1200. The average molecular weight is 404 g/mol. The molecule has 0 saturated carbocycles. The van der Waals surface area contributed by atoms with Crippen molar-refractivity contribution in [1.29, 1.82) is 0 Å². The molecule has 1 heterocycles. The average Bonchev–Trinajstić information content (AvgIpc) is 2.96. The van der Waals surface area contributed by atoms with Crippen LogP contribution >= 0.6 is 0 Å². The van der Waals surface area contributed by atoms with Gasteiger partial charge in [-0.2, -0.15) is 0 Å². The van der Waals surface area contributed by atoms with E-state index in [1.54, 1.807) is 30.3 Å². The first kappa shape index (κ1) is 19.5. The van der Waals surface area contributed by atoms with Gasteiger partial charge in [-0.15, -0.1) is 0 Å². The predicted octanol–water partition coefficient (Wildman–Crippen LogP) is 4.98. The van der Waals surface area contributed by atoms with E-state index in [1.165, 1.54) is 0 Å². The Balaban J connectivity index is 1.86. The Morgan fingerprint density at radius 3 is 2.27 bits per heavy atom. The fourth-order valence-electron chi connectivity index (χ4n) is 3.48. The zero-order valence-corrected chi connectivity index (χ0v) is 16.4. The van der Waals surface area contributed by atoms with Crippen LogP contribution in [-0.2, 0) is 9.59 Å². The number of nitrogens with one attached hydrogen (secondary N) is 1. The molecular weight excluding hydrogens is 386 g/mol. The number of hydrogen-bond acceptors (Lipinski definition) is 3. The summed E-state index contributed by atoms with van der Waals surface area (Å²) in [4.78, 5) is 27.2. The first-order chi connectivity index (χ1) is 14.4. The second-order valence-corrected chi connectivity index (χ2v) is 7.10. The molecule has 0 saturated heterocycles. The molecular formula is C24H18F2N2O2. The monoisotopic (exact) mass is 404 g/mol. The molecule has 0 bridgehead atoms. The third kappa shape index (κ3) is 3.37. The second kappa shape index (κ2) is 7.55. The largest absolute Gasteiger partial charge is 0.350 e. The van der Waals surface area contributed by atoms with Gasteiger partial charge in [-0.05, 0) is 43.2 Å². The summed E-state index contributed by atoms with van der Waals surface area (Å²) in [7, 11) is 0. The number of amides is 2. The van der Waals surface area contributed by atoms with Gasteiger partial charge in [0, 0.05) is 11.8 Å². The van der Waals surface area contributed by atoms with Crippen LogP contribution in [0.15, 0.2) is 72.4 Å². The number of hydrogen-bond donors (Lipinski definition) is 1. The summed E-state index contributed by atoms with van der Waals surface area (Å²) in [5.41, 5.74) is 2.77. The Hall–Kier alpha value is -3.80. The summed E-state index contributed by atoms with van der Waals surface area (Å²) >= 11 is 0. The van der Waals surface area contributed by atoms with Crippen LogP contribution in [0.4, 0.5) is 20.2 Å². The maximum absolute atomic E-state index is 14.4. The molecule has 30 heavy (non-hydrogen) atoms. The molecule has 0 radical (unpaired) electrons. The fraction of sp³-hybridized carbons (Fsp3) is 0.0833. The van der Waals surface area contributed by atoms with Gasteiger partial charge < -0.3 is 5.32 Å². The van der Waals surface area contributed by atoms with Crippen LogP contribution in [0.5, 0.6) is 0 Å². The van der Waals surface area contributed by atoms with E-state index in [2.05, 4.69) is 5.32 Å². The summed E-state index contributed by atoms with van der Waals surface area (Å²) < 4.78 is 28.2. The van der Waals surface area contributed by atoms with Crippen LogP contribution in [0.25, 0.3) is 5.57 Å². The van der Waals surface area contributed by atoms with E-state index < -0.39 is 29.1 Å². The highest BCUT2D eigenvalue weighted by molar-refractivity contribution is 6.46. The van der Waals surface area contributed by atoms with Crippen molar-refractivity contribution in [3.05, 3.63) is 101 Å². The smallest absolute Gasteiger partial charge is 0.282 e. The van der Waals surface area contributed by atoms with E-state index in [0.29, 0.717) is 16.2 Å². The highest BCUT2D eigenvalue weighted by atomic mass is 19.1. The first-order valence-corrected chi connectivity index (χ1v) is 9.34. The number of aryl methyl sites for hydroxylation is 2. The number of carbonyl (C=O) groups is 2. The number of imide groups is 1. The number of halogens is 2. The summed E-state index contributed by atoms with van der Waals surface area (Å²) in [6.07, 6.45) is 0. The van der Waals surface area contributed by atoms with E-state index in [-0.39, 0.29) is 11.3 Å². The standard InChI is InChI=1S/C24H18F2N2O2/c1-14-8-11-19(15(2)12-14)27-22-21(16-6-4-3-5-7-16)23(29)28(24(22)30)20-13-17(25)9-10-18(20)26/h3-13,27H,1-2H3. The normalized spacial score (nSPS) is 13.9. The lowest BCUT2D eigenvalue weighted by molar-refractivity contribution is -0.120. The van der Waals surface area contributed by atoms with Gasteiger partial charge in [-0.1, -0.05) is 48.0 Å². The highest BCUT2D eigenvalue weighted by Crippen LogP contribution is 2.35. The zero-order valence-electron chi connectivity index (χ0n) is 16.4. The van der Waals surface area contributed by atoms with Gasteiger partial charge in [0.15, 0.2) is 0 Å². The van der Waals surface area contributed by atoms with Crippen molar-refractivity contribution in [3.8, 4) is 0 Å². The number of benzene rings is 3. The lowest BCUT2D eigenvalue weighted by Gasteiger charge is -2.16. The molecule has 150 valence electrons. The van der Waals surface area contributed by atoms with Gasteiger partial charge >= 0.3 is 0 Å². The van der Waals surface area contributed by atoms with Crippen molar-refractivity contribution in [3.63, 3.8) is 0 Å². The molecule has 4 nitrogen and oxygen atoms in total. The third-order valence-electron chi connectivity index (χ3n) is 4.94. The first-order valence-electron chi connectivity index (χ1n) is 9.34. The number of nitrogens with zero attached hydrogens (tertiary/aromatic N) is 1. The van der Waals surface area contributed by atoms with Gasteiger partial charge in [0.25, 0.3) is 11.8 Å². The molecule has 0 atom stereocenters. The zero-order chi connectivity index (χ0) is 21.4. The minimum Gasteiger partial charge on any atom is -0.350 e. The SMILES string of the molecule is Cc1ccc(NC2=C(c3ccccc3)C(=O)N(c3cc(F)ccc3F)C2=O)c(C)c1.